The average molecular weight is 278 g/mol. The second kappa shape index (κ2) is 6.52. The Morgan fingerprint density at radius 3 is 3.00 bits per heavy atom. The summed E-state index contributed by atoms with van der Waals surface area (Å²) in [6, 6.07) is 6.29. The fraction of sp³-hybridized carbons (Fsp3) is 0.286. The van der Waals surface area contributed by atoms with E-state index in [4.69, 9.17) is 0 Å². The molecule has 0 saturated carbocycles. The third kappa shape index (κ3) is 4.21. The minimum atomic E-state index is -0.273. The lowest BCUT2D eigenvalue weighted by Gasteiger charge is -2.02. The molecule has 2 aromatic rings. The van der Waals surface area contributed by atoms with Gasteiger partial charge in [-0.25, -0.2) is 9.37 Å². The highest BCUT2D eigenvalue weighted by Gasteiger charge is 2.06. The number of carbonyl (C=O) groups excluding carboxylic acids is 1. The summed E-state index contributed by atoms with van der Waals surface area (Å²) in [6.07, 6.45) is 4.70. The summed E-state index contributed by atoms with van der Waals surface area (Å²) in [5, 5.41) is 0. The summed E-state index contributed by atoms with van der Waals surface area (Å²) in [7, 11) is 1.91. The van der Waals surface area contributed by atoms with E-state index in [1.807, 2.05) is 17.8 Å². The number of benzene rings is 1. The lowest BCUT2D eigenvalue weighted by Crippen LogP contribution is -2.06. The fourth-order valence-corrected chi connectivity index (χ4v) is 2.52. The molecule has 0 radical (unpaired) electrons. The zero-order chi connectivity index (χ0) is 13.7. The van der Waals surface area contributed by atoms with Crippen molar-refractivity contribution in [3.05, 3.63) is 48.3 Å². The van der Waals surface area contributed by atoms with Gasteiger partial charge in [0.1, 0.15) is 17.4 Å². The van der Waals surface area contributed by atoms with Crippen LogP contribution in [-0.4, -0.2) is 21.1 Å². The largest absolute Gasteiger partial charge is 0.338 e. The first-order valence-electron chi connectivity index (χ1n) is 6.01. The standard InChI is InChI=1S/C14H15FN2OS/c1-17-8-7-16-14(17)6-5-12(18)10-19-13-4-2-3-11(15)9-13/h2-4,7-9H,5-6,10H2,1H3. The number of aryl methyl sites for hydroxylation is 2. The number of halogens is 1. The normalized spacial score (nSPS) is 10.6. The molecule has 0 aliphatic rings. The SMILES string of the molecule is Cn1ccnc1CCC(=O)CSc1cccc(F)c1. The van der Waals surface area contributed by atoms with Crippen LogP contribution in [-0.2, 0) is 18.3 Å². The topological polar surface area (TPSA) is 34.9 Å². The van der Waals surface area contributed by atoms with E-state index in [1.54, 1.807) is 18.3 Å². The van der Waals surface area contributed by atoms with E-state index in [-0.39, 0.29) is 11.6 Å². The van der Waals surface area contributed by atoms with Crippen molar-refractivity contribution in [1.82, 2.24) is 9.55 Å². The van der Waals surface area contributed by atoms with Gasteiger partial charge in [0.15, 0.2) is 0 Å². The van der Waals surface area contributed by atoms with Crippen LogP contribution in [0.3, 0.4) is 0 Å². The average Bonchev–Trinajstić information content (AvgIpc) is 2.80. The molecule has 0 aliphatic carbocycles. The molecule has 0 N–H and O–H groups in total. The van der Waals surface area contributed by atoms with E-state index in [0.717, 1.165) is 10.7 Å². The predicted octanol–water partition coefficient (Wildman–Crippen LogP) is 2.85. The highest BCUT2D eigenvalue weighted by Crippen LogP contribution is 2.19. The quantitative estimate of drug-likeness (QED) is 0.762. The molecule has 3 nitrogen and oxygen atoms in total. The molecule has 1 aromatic heterocycles. The third-order valence-electron chi connectivity index (χ3n) is 2.74. The van der Waals surface area contributed by atoms with Crippen molar-refractivity contribution in [2.45, 2.75) is 17.7 Å². The number of nitrogens with zero attached hydrogens (tertiary/aromatic N) is 2. The molecule has 0 fully saturated rings. The first kappa shape index (κ1) is 13.8. The second-order valence-corrected chi connectivity index (χ2v) is 5.29. The summed E-state index contributed by atoms with van der Waals surface area (Å²) >= 11 is 1.37. The van der Waals surface area contributed by atoms with Crippen LogP contribution in [0, 0.1) is 5.82 Å². The number of hydrogen-bond donors (Lipinski definition) is 0. The van der Waals surface area contributed by atoms with Gasteiger partial charge in [0.2, 0.25) is 0 Å². The van der Waals surface area contributed by atoms with Crippen molar-refractivity contribution < 1.29 is 9.18 Å². The molecule has 0 unspecified atom stereocenters. The van der Waals surface area contributed by atoms with Crippen molar-refractivity contribution in [1.29, 1.82) is 0 Å². The van der Waals surface area contributed by atoms with Crippen molar-refractivity contribution in [3.63, 3.8) is 0 Å². The Labute approximate surface area is 115 Å². The smallest absolute Gasteiger partial charge is 0.143 e. The first-order chi connectivity index (χ1) is 9.15. The molecule has 0 saturated heterocycles. The van der Waals surface area contributed by atoms with Crippen molar-refractivity contribution in [3.8, 4) is 0 Å². The maximum atomic E-state index is 13.0. The Kier molecular flexibility index (Phi) is 4.74. The predicted molar refractivity (Wildman–Crippen MR) is 73.7 cm³/mol. The van der Waals surface area contributed by atoms with Crippen LogP contribution in [0.25, 0.3) is 0 Å². The summed E-state index contributed by atoms with van der Waals surface area (Å²) in [4.78, 5) is 16.7. The number of rotatable bonds is 6. The molecule has 0 aliphatic heterocycles. The molecule has 0 bridgehead atoms. The summed E-state index contributed by atoms with van der Waals surface area (Å²) < 4.78 is 14.9. The maximum absolute atomic E-state index is 13.0. The van der Waals surface area contributed by atoms with Crippen LogP contribution < -0.4 is 0 Å². The first-order valence-corrected chi connectivity index (χ1v) is 7.00. The van der Waals surface area contributed by atoms with Gasteiger partial charge in [-0.05, 0) is 18.2 Å². The maximum Gasteiger partial charge on any atom is 0.143 e. The Bertz CT molecular complexity index is 568. The minimum Gasteiger partial charge on any atom is -0.338 e. The Hall–Kier alpha value is -1.62. The zero-order valence-electron chi connectivity index (χ0n) is 10.7. The van der Waals surface area contributed by atoms with Crippen LogP contribution in [0.4, 0.5) is 4.39 Å². The molecule has 1 heterocycles. The minimum absolute atomic E-state index is 0.150. The lowest BCUT2D eigenvalue weighted by atomic mass is 10.2. The van der Waals surface area contributed by atoms with E-state index in [1.165, 1.54) is 23.9 Å². The van der Waals surface area contributed by atoms with Gasteiger partial charge >= 0.3 is 0 Å². The molecule has 0 spiro atoms. The number of aromatic nitrogens is 2. The highest BCUT2D eigenvalue weighted by molar-refractivity contribution is 8.00. The highest BCUT2D eigenvalue weighted by atomic mass is 32.2. The molecule has 1 aromatic carbocycles. The third-order valence-corrected chi connectivity index (χ3v) is 3.80. The Morgan fingerprint density at radius 2 is 2.32 bits per heavy atom. The molecule has 5 heteroatoms. The number of thioether (sulfide) groups is 1. The molecule has 0 amide bonds. The molecule has 0 atom stereocenters. The van der Waals surface area contributed by atoms with Gasteiger partial charge < -0.3 is 4.57 Å². The fourth-order valence-electron chi connectivity index (χ4n) is 1.68. The summed E-state index contributed by atoms with van der Waals surface area (Å²) in [5.74, 6) is 1.15. The van der Waals surface area contributed by atoms with Gasteiger partial charge in [-0.1, -0.05) is 6.07 Å². The number of Topliss-reactive ketones (excluding diaryl/α,β-unsaturated/α-hetero) is 1. The van der Waals surface area contributed by atoms with E-state index in [9.17, 15) is 9.18 Å². The van der Waals surface area contributed by atoms with E-state index in [2.05, 4.69) is 4.98 Å². The van der Waals surface area contributed by atoms with Gasteiger partial charge in [-0.3, -0.25) is 4.79 Å². The molecule has 2 rings (SSSR count). The van der Waals surface area contributed by atoms with E-state index in [0.29, 0.717) is 18.6 Å². The number of imidazole rings is 1. The van der Waals surface area contributed by atoms with Crippen molar-refractivity contribution in [2.24, 2.45) is 7.05 Å². The van der Waals surface area contributed by atoms with Crippen molar-refractivity contribution in [2.75, 3.05) is 5.75 Å². The summed E-state index contributed by atoms with van der Waals surface area (Å²) in [5.41, 5.74) is 0. The molecule has 19 heavy (non-hydrogen) atoms. The lowest BCUT2D eigenvalue weighted by molar-refractivity contribution is -0.116. The van der Waals surface area contributed by atoms with Gasteiger partial charge in [-0.2, -0.15) is 0 Å². The molecular formula is C14H15FN2OS. The van der Waals surface area contributed by atoms with Gasteiger partial charge in [0.25, 0.3) is 0 Å². The summed E-state index contributed by atoms with van der Waals surface area (Å²) in [6.45, 7) is 0. The van der Waals surface area contributed by atoms with Crippen LogP contribution >= 0.6 is 11.8 Å². The monoisotopic (exact) mass is 278 g/mol. The number of carbonyl (C=O) groups is 1. The van der Waals surface area contributed by atoms with Crippen molar-refractivity contribution >= 4 is 17.5 Å². The van der Waals surface area contributed by atoms with Gasteiger partial charge in [0.05, 0.1) is 5.75 Å². The zero-order valence-corrected chi connectivity index (χ0v) is 11.5. The van der Waals surface area contributed by atoms with E-state index < -0.39 is 0 Å². The molecule has 100 valence electrons. The number of ketones is 1. The Balaban J connectivity index is 1.77. The Morgan fingerprint density at radius 1 is 1.47 bits per heavy atom. The van der Waals surface area contributed by atoms with Crippen LogP contribution in [0.1, 0.15) is 12.2 Å². The van der Waals surface area contributed by atoms with Crippen LogP contribution in [0.15, 0.2) is 41.6 Å². The van der Waals surface area contributed by atoms with Gasteiger partial charge in [0, 0.05) is 37.2 Å². The van der Waals surface area contributed by atoms with Gasteiger partial charge in [-0.15, -0.1) is 11.8 Å². The second-order valence-electron chi connectivity index (χ2n) is 4.24. The van der Waals surface area contributed by atoms with Crippen LogP contribution in [0.2, 0.25) is 0 Å². The van der Waals surface area contributed by atoms with E-state index >= 15 is 0 Å². The number of hydrogen-bond acceptors (Lipinski definition) is 3. The molecular weight excluding hydrogens is 263 g/mol. The van der Waals surface area contributed by atoms with Crippen LogP contribution in [0.5, 0.6) is 0 Å².